The Bertz CT molecular complexity index is 1170. The normalized spacial score (nSPS) is 23.0. The van der Waals surface area contributed by atoms with E-state index in [4.69, 9.17) is 4.74 Å². The van der Waals surface area contributed by atoms with Crippen LogP contribution in [0.1, 0.15) is 45.7 Å². The van der Waals surface area contributed by atoms with Gasteiger partial charge in [-0.15, -0.1) is 0 Å². The lowest BCUT2D eigenvalue weighted by molar-refractivity contribution is -0.138. The van der Waals surface area contributed by atoms with Crippen molar-refractivity contribution in [3.05, 3.63) is 65.2 Å². The molecule has 2 aliphatic rings. The minimum atomic E-state index is -3.76. The number of aliphatic hydroxyl groups is 1. The summed E-state index contributed by atoms with van der Waals surface area (Å²) in [7, 11) is -3.76. The van der Waals surface area contributed by atoms with Crippen LogP contribution in [-0.4, -0.2) is 42.6 Å². The van der Waals surface area contributed by atoms with Crippen LogP contribution in [0.15, 0.2) is 69.5 Å². The Balaban J connectivity index is 1.84. The second-order valence-corrected chi connectivity index (χ2v) is 10.6. The van der Waals surface area contributed by atoms with Gasteiger partial charge in [0.2, 0.25) is 9.84 Å². The molecule has 2 aromatic rings. The van der Waals surface area contributed by atoms with Crippen molar-refractivity contribution in [1.29, 1.82) is 0 Å². The Morgan fingerprint density at radius 3 is 2.42 bits per heavy atom. The summed E-state index contributed by atoms with van der Waals surface area (Å²) in [5.41, 5.74) is 1.27. The Morgan fingerprint density at radius 1 is 1.13 bits per heavy atom. The zero-order valence-corrected chi connectivity index (χ0v) is 18.9. The molecule has 0 aromatic heterocycles. The van der Waals surface area contributed by atoms with Gasteiger partial charge in [0.25, 0.3) is 5.91 Å². The van der Waals surface area contributed by atoms with E-state index in [9.17, 15) is 18.3 Å². The van der Waals surface area contributed by atoms with Crippen molar-refractivity contribution in [1.82, 2.24) is 4.90 Å². The van der Waals surface area contributed by atoms with Gasteiger partial charge in [-0.1, -0.05) is 25.1 Å². The summed E-state index contributed by atoms with van der Waals surface area (Å²) in [6.45, 7) is 7.79. The Labute approximate surface area is 183 Å². The number of carbonyl (C=O) groups is 1. The third-order valence-corrected chi connectivity index (χ3v) is 7.95. The summed E-state index contributed by atoms with van der Waals surface area (Å²) in [5.74, 6) is 0.353. The molecule has 0 saturated heterocycles. The quantitative estimate of drug-likeness (QED) is 0.783. The van der Waals surface area contributed by atoms with Crippen LogP contribution in [0.3, 0.4) is 0 Å². The highest BCUT2D eigenvalue weighted by atomic mass is 32.2. The summed E-state index contributed by atoms with van der Waals surface area (Å²) < 4.78 is 32.4. The molecule has 1 N–H and O–H groups in total. The van der Waals surface area contributed by atoms with E-state index in [-0.39, 0.29) is 15.7 Å². The largest absolute Gasteiger partial charge is 0.485 e. The molecule has 4 rings (SSSR count). The zero-order chi connectivity index (χ0) is 22.6. The van der Waals surface area contributed by atoms with E-state index >= 15 is 0 Å². The summed E-state index contributed by atoms with van der Waals surface area (Å²) in [6, 6.07) is 12.2. The zero-order valence-electron chi connectivity index (χ0n) is 18.1. The molecular weight excluding hydrogens is 414 g/mol. The number of rotatable bonds is 4. The van der Waals surface area contributed by atoms with Gasteiger partial charge in [0.15, 0.2) is 0 Å². The minimum absolute atomic E-state index is 0.102. The molecule has 0 spiro atoms. The first-order valence-electron chi connectivity index (χ1n) is 10.4. The first kappa shape index (κ1) is 21.6. The fourth-order valence-corrected chi connectivity index (χ4v) is 5.76. The molecule has 2 aliphatic heterocycles. The Morgan fingerprint density at radius 2 is 1.81 bits per heavy atom. The Hall–Kier alpha value is -2.64. The predicted molar refractivity (Wildman–Crippen MR) is 116 cm³/mol. The second kappa shape index (κ2) is 7.50. The van der Waals surface area contributed by atoms with Crippen molar-refractivity contribution < 1.29 is 23.1 Å². The van der Waals surface area contributed by atoms with Crippen molar-refractivity contribution in [2.75, 3.05) is 6.54 Å². The molecule has 0 fully saturated rings. The number of carbonyl (C=O) groups excluding carboxylic acids is 1. The van der Waals surface area contributed by atoms with E-state index in [2.05, 4.69) is 0 Å². The summed E-state index contributed by atoms with van der Waals surface area (Å²) in [5, 5.41) is 11.2. The van der Waals surface area contributed by atoms with Crippen LogP contribution in [-0.2, 0) is 14.6 Å². The number of benzene rings is 2. The van der Waals surface area contributed by atoms with Gasteiger partial charge in [0.1, 0.15) is 17.5 Å². The number of aliphatic hydroxyl groups excluding tert-OH is 1. The summed E-state index contributed by atoms with van der Waals surface area (Å²) in [4.78, 5) is 15.0. The van der Waals surface area contributed by atoms with Crippen LogP contribution in [0.25, 0.3) is 0 Å². The molecule has 0 radical (unpaired) electrons. The average Bonchev–Trinajstić information content (AvgIpc) is 3.02. The number of fused-ring (bicyclic) bond motifs is 1. The van der Waals surface area contributed by atoms with E-state index in [0.29, 0.717) is 24.3 Å². The van der Waals surface area contributed by atoms with Gasteiger partial charge in [-0.2, -0.15) is 0 Å². The number of nitrogens with zero attached hydrogens (tertiary/aromatic N) is 1. The van der Waals surface area contributed by atoms with Crippen molar-refractivity contribution in [2.24, 2.45) is 0 Å². The Kier molecular flexibility index (Phi) is 5.22. The van der Waals surface area contributed by atoms with Crippen molar-refractivity contribution in [2.45, 2.75) is 61.7 Å². The van der Waals surface area contributed by atoms with Gasteiger partial charge in [0, 0.05) is 17.7 Å². The third kappa shape index (κ3) is 3.46. The molecule has 164 valence electrons. The highest BCUT2D eigenvalue weighted by Crippen LogP contribution is 2.46. The average molecular weight is 442 g/mol. The number of hydrogen-bond acceptors (Lipinski definition) is 5. The van der Waals surface area contributed by atoms with Gasteiger partial charge in [0.05, 0.1) is 15.8 Å². The van der Waals surface area contributed by atoms with Crippen LogP contribution in [0.4, 0.5) is 0 Å². The van der Waals surface area contributed by atoms with Crippen LogP contribution < -0.4 is 4.74 Å². The van der Waals surface area contributed by atoms with Crippen LogP contribution >= 0.6 is 0 Å². The lowest BCUT2D eigenvalue weighted by atomic mass is 9.85. The highest BCUT2D eigenvalue weighted by Gasteiger charge is 2.48. The number of ether oxygens (including phenoxy) is 1. The van der Waals surface area contributed by atoms with Gasteiger partial charge < -0.3 is 14.7 Å². The smallest absolute Gasteiger partial charge is 0.250 e. The maximum absolute atomic E-state index is 13.2. The molecule has 0 aliphatic carbocycles. The lowest BCUT2D eigenvalue weighted by Gasteiger charge is -2.45. The molecule has 2 heterocycles. The van der Waals surface area contributed by atoms with Crippen LogP contribution in [0, 0.1) is 0 Å². The molecule has 7 heteroatoms. The monoisotopic (exact) mass is 441 g/mol. The standard InChI is InChI=1S/C24H27NO5S/c1-5-18-15(2)14-25(23(18)27)21-19-13-17(31(28,29)16-9-7-6-8-10-16)11-12-20(19)30-24(3,4)22(21)26/h6-13,21-22,26H,5,14H2,1-4H3/t21-,22+/m0/s1. The second-order valence-electron chi connectivity index (χ2n) is 8.66. The van der Waals surface area contributed by atoms with Gasteiger partial charge >= 0.3 is 0 Å². The predicted octanol–water partition coefficient (Wildman–Crippen LogP) is 3.66. The lowest BCUT2D eigenvalue weighted by Crippen LogP contribution is -2.54. The maximum atomic E-state index is 13.2. The molecule has 2 atom stereocenters. The van der Waals surface area contributed by atoms with Crippen molar-refractivity contribution in [3.63, 3.8) is 0 Å². The molecule has 0 bridgehead atoms. The molecular formula is C24H27NO5S. The van der Waals surface area contributed by atoms with E-state index in [0.717, 1.165) is 11.1 Å². The van der Waals surface area contributed by atoms with Crippen molar-refractivity contribution in [3.8, 4) is 5.75 Å². The van der Waals surface area contributed by atoms with E-state index in [1.165, 1.54) is 12.1 Å². The highest BCUT2D eigenvalue weighted by molar-refractivity contribution is 7.91. The fraction of sp³-hybridized carbons (Fsp3) is 0.375. The minimum Gasteiger partial charge on any atom is -0.485 e. The molecule has 1 amide bonds. The summed E-state index contributed by atoms with van der Waals surface area (Å²) in [6.07, 6.45) is -0.415. The van der Waals surface area contributed by atoms with Crippen LogP contribution in [0.5, 0.6) is 5.75 Å². The first-order valence-corrected chi connectivity index (χ1v) is 11.9. The molecule has 6 nitrogen and oxygen atoms in total. The maximum Gasteiger partial charge on any atom is 0.250 e. The fourth-order valence-electron chi connectivity index (χ4n) is 4.44. The van der Waals surface area contributed by atoms with E-state index in [1.54, 1.807) is 55.1 Å². The van der Waals surface area contributed by atoms with E-state index in [1.807, 2.05) is 13.8 Å². The van der Waals surface area contributed by atoms with Crippen molar-refractivity contribution >= 4 is 15.7 Å². The molecule has 0 unspecified atom stereocenters. The van der Waals surface area contributed by atoms with Crippen LogP contribution in [0.2, 0.25) is 0 Å². The molecule has 2 aromatic carbocycles. The third-order valence-electron chi connectivity index (χ3n) is 6.18. The number of hydrogen-bond donors (Lipinski definition) is 1. The first-order chi connectivity index (χ1) is 14.6. The number of sulfone groups is 1. The topological polar surface area (TPSA) is 83.9 Å². The van der Waals surface area contributed by atoms with Gasteiger partial charge in [-0.05, 0) is 63.1 Å². The van der Waals surface area contributed by atoms with E-state index < -0.39 is 27.6 Å². The van der Waals surface area contributed by atoms with Gasteiger partial charge in [-0.25, -0.2) is 8.42 Å². The SMILES string of the molecule is CCC1=C(C)CN([C@H]2c3cc(S(=O)(=O)c4ccccc4)ccc3OC(C)(C)[C@@H]2O)C1=O. The molecule has 0 saturated carbocycles. The summed E-state index contributed by atoms with van der Waals surface area (Å²) >= 11 is 0. The molecule has 31 heavy (non-hydrogen) atoms. The van der Waals surface area contributed by atoms with Gasteiger partial charge in [-0.3, -0.25) is 4.79 Å². The number of amides is 1.